The van der Waals surface area contributed by atoms with Gasteiger partial charge in [0.1, 0.15) is 18.5 Å². The molecule has 3 aliphatic heterocycles. The Bertz CT molecular complexity index is 819. The highest BCUT2D eigenvalue weighted by molar-refractivity contribution is 5.94. The van der Waals surface area contributed by atoms with Crippen LogP contribution in [0.2, 0.25) is 0 Å². The van der Waals surface area contributed by atoms with Gasteiger partial charge in [-0.05, 0) is 31.5 Å². The van der Waals surface area contributed by atoms with E-state index in [1.54, 1.807) is 20.8 Å². The molecule has 9 heteroatoms. The zero-order chi connectivity index (χ0) is 20.5. The van der Waals surface area contributed by atoms with Crippen molar-refractivity contribution in [2.45, 2.75) is 31.5 Å². The predicted molar refractivity (Wildman–Crippen MR) is 99.7 cm³/mol. The number of amides is 3. The second-order valence-corrected chi connectivity index (χ2v) is 7.54. The van der Waals surface area contributed by atoms with Crippen LogP contribution in [0.25, 0.3) is 0 Å². The van der Waals surface area contributed by atoms with Crippen molar-refractivity contribution < 1.29 is 28.2 Å². The number of nitrogens with zero attached hydrogens (tertiary/aromatic N) is 3. The number of carbonyl (C=O) groups is 3. The lowest BCUT2D eigenvalue weighted by Gasteiger charge is -2.28. The molecule has 1 unspecified atom stereocenters. The average Bonchev–Trinajstić information content (AvgIpc) is 3.40. The SMILES string of the molecule is CCOCC(=O)N1C[C@@H]2OC(=O)N(C3CCN(C(=O)c4cccc(F)c4)C3)[C@@H]2C1. The molecule has 3 saturated heterocycles. The van der Waals surface area contributed by atoms with Crippen LogP contribution in [0.5, 0.6) is 0 Å². The molecule has 3 aliphatic rings. The molecule has 0 spiro atoms. The first-order valence-electron chi connectivity index (χ1n) is 9.87. The van der Waals surface area contributed by atoms with Gasteiger partial charge in [0.2, 0.25) is 5.91 Å². The quantitative estimate of drug-likeness (QED) is 0.733. The Morgan fingerprint density at radius 1 is 1.24 bits per heavy atom. The van der Waals surface area contributed by atoms with E-state index in [9.17, 15) is 18.8 Å². The summed E-state index contributed by atoms with van der Waals surface area (Å²) < 4.78 is 24.1. The number of likely N-dealkylation sites (tertiary alicyclic amines) is 2. The fraction of sp³-hybridized carbons (Fsp3) is 0.550. The first-order valence-corrected chi connectivity index (χ1v) is 9.87. The first-order chi connectivity index (χ1) is 14.0. The highest BCUT2D eigenvalue weighted by atomic mass is 19.1. The smallest absolute Gasteiger partial charge is 0.410 e. The summed E-state index contributed by atoms with van der Waals surface area (Å²) in [5.41, 5.74) is 0.293. The van der Waals surface area contributed by atoms with Crippen molar-refractivity contribution in [2.75, 3.05) is 39.4 Å². The Morgan fingerprint density at radius 2 is 2.07 bits per heavy atom. The van der Waals surface area contributed by atoms with Gasteiger partial charge in [0.05, 0.1) is 18.6 Å². The van der Waals surface area contributed by atoms with Crippen LogP contribution in [-0.2, 0) is 14.3 Å². The molecule has 0 bridgehead atoms. The van der Waals surface area contributed by atoms with Gasteiger partial charge in [-0.1, -0.05) is 6.07 Å². The lowest BCUT2D eigenvalue weighted by atomic mass is 10.1. The normalized spacial score (nSPS) is 26.1. The minimum absolute atomic E-state index is 0.0171. The van der Waals surface area contributed by atoms with Crippen molar-refractivity contribution in [2.24, 2.45) is 0 Å². The molecular weight excluding hydrogens is 381 g/mol. The van der Waals surface area contributed by atoms with Gasteiger partial charge in [0.15, 0.2) is 0 Å². The van der Waals surface area contributed by atoms with Crippen LogP contribution in [0.3, 0.4) is 0 Å². The zero-order valence-electron chi connectivity index (χ0n) is 16.3. The van der Waals surface area contributed by atoms with Crippen LogP contribution >= 0.6 is 0 Å². The maximum absolute atomic E-state index is 13.4. The van der Waals surface area contributed by atoms with Crippen LogP contribution in [0.1, 0.15) is 23.7 Å². The zero-order valence-corrected chi connectivity index (χ0v) is 16.3. The van der Waals surface area contributed by atoms with Gasteiger partial charge in [0.25, 0.3) is 5.91 Å². The Morgan fingerprint density at radius 3 is 2.83 bits per heavy atom. The van der Waals surface area contributed by atoms with Crippen molar-refractivity contribution in [1.82, 2.24) is 14.7 Å². The van der Waals surface area contributed by atoms with Gasteiger partial charge in [-0.3, -0.25) is 14.5 Å². The minimum Gasteiger partial charge on any atom is -0.442 e. The number of hydrogen-bond donors (Lipinski definition) is 0. The molecule has 29 heavy (non-hydrogen) atoms. The number of hydrogen-bond acceptors (Lipinski definition) is 5. The molecule has 3 fully saturated rings. The molecule has 8 nitrogen and oxygen atoms in total. The highest BCUT2D eigenvalue weighted by Crippen LogP contribution is 2.32. The van der Waals surface area contributed by atoms with Crippen molar-refractivity contribution in [3.05, 3.63) is 35.6 Å². The summed E-state index contributed by atoms with van der Waals surface area (Å²) in [6, 6.07) is 5.19. The van der Waals surface area contributed by atoms with Gasteiger partial charge >= 0.3 is 6.09 Å². The molecule has 0 N–H and O–H groups in total. The second-order valence-electron chi connectivity index (χ2n) is 7.54. The summed E-state index contributed by atoms with van der Waals surface area (Å²) in [7, 11) is 0. The first kappa shape index (κ1) is 19.6. The largest absolute Gasteiger partial charge is 0.442 e. The summed E-state index contributed by atoms with van der Waals surface area (Å²) in [6.45, 7) is 3.91. The monoisotopic (exact) mass is 405 g/mol. The van der Waals surface area contributed by atoms with E-state index in [0.29, 0.717) is 44.8 Å². The summed E-state index contributed by atoms with van der Waals surface area (Å²) in [5, 5.41) is 0. The lowest BCUT2D eigenvalue weighted by molar-refractivity contribution is -0.135. The maximum atomic E-state index is 13.4. The number of fused-ring (bicyclic) bond motifs is 1. The third-order valence-corrected chi connectivity index (χ3v) is 5.76. The number of benzene rings is 1. The number of rotatable bonds is 5. The molecule has 0 saturated carbocycles. The van der Waals surface area contributed by atoms with E-state index in [-0.39, 0.29) is 36.6 Å². The van der Waals surface area contributed by atoms with E-state index in [0.717, 1.165) is 0 Å². The van der Waals surface area contributed by atoms with Crippen LogP contribution in [-0.4, -0.2) is 90.2 Å². The van der Waals surface area contributed by atoms with Gasteiger partial charge in [-0.25, -0.2) is 9.18 Å². The van der Waals surface area contributed by atoms with Crippen molar-refractivity contribution >= 4 is 17.9 Å². The molecule has 156 valence electrons. The maximum Gasteiger partial charge on any atom is 0.410 e. The van der Waals surface area contributed by atoms with Crippen LogP contribution in [0.4, 0.5) is 9.18 Å². The molecule has 0 aliphatic carbocycles. The molecule has 4 rings (SSSR count). The van der Waals surface area contributed by atoms with E-state index in [4.69, 9.17) is 9.47 Å². The van der Waals surface area contributed by atoms with Crippen molar-refractivity contribution in [3.8, 4) is 0 Å². The summed E-state index contributed by atoms with van der Waals surface area (Å²) in [5.74, 6) is -0.831. The van der Waals surface area contributed by atoms with E-state index in [1.807, 2.05) is 6.92 Å². The lowest BCUT2D eigenvalue weighted by Crippen LogP contribution is -2.47. The third kappa shape index (κ3) is 3.78. The van der Waals surface area contributed by atoms with Crippen molar-refractivity contribution in [3.63, 3.8) is 0 Å². The fourth-order valence-electron chi connectivity index (χ4n) is 4.33. The number of halogens is 1. The molecule has 3 atom stereocenters. The van der Waals surface area contributed by atoms with E-state index in [2.05, 4.69) is 0 Å². The fourth-order valence-corrected chi connectivity index (χ4v) is 4.33. The van der Waals surface area contributed by atoms with Crippen LogP contribution < -0.4 is 0 Å². The highest BCUT2D eigenvalue weighted by Gasteiger charge is 2.52. The summed E-state index contributed by atoms with van der Waals surface area (Å²) in [6.07, 6.45) is -0.144. The Balaban J connectivity index is 1.40. The van der Waals surface area contributed by atoms with E-state index in [1.165, 1.54) is 18.2 Å². The van der Waals surface area contributed by atoms with E-state index >= 15 is 0 Å². The van der Waals surface area contributed by atoms with Gasteiger partial charge in [0, 0.05) is 31.8 Å². The van der Waals surface area contributed by atoms with Crippen molar-refractivity contribution in [1.29, 1.82) is 0 Å². The third-order valence-electron chi connectivity index (χ3n) is 5.76. The minimum atomic E-state index is -0.458. The topological polar surface area (TPSA) is 79.4 Å². The predicted octanol–water partition coefficient (Wildman–Crippen LogP) is 1.11. The molecule has 3 heterocycles. The Hall–Kier alpha value is -2.68. The molecule has 3 amide bonds. The molecule has 0 radical (unpaired) electrons. The molecule has 1 aromatic rings. The summed E-state index contributed by atoms with van der Waals surface area (Å²) >= 11 is 0. The number of ether oxygens (including phenoxy) is 2. The van der Waals surface area contributed by atoms with Gasteiger partial charge in [-0.2, -0.15) is 0 Å². The van der Waals surface area contributed by atoms with E-state index < -0.39 is 11.9 Å². The van der Waals surface area contributed by atoms with Crippen LogP contribution in [0, 0.1) is 5.82 Å². The molecule has 0 aromatic heterocycles. The molecule has 1 aromatic carbocycles. The average molecular weight is 405 g/mol. The Labute approximate surface area is 168 Å². The number of carbonyl (C=O) groups excluding carboxylic acids is 3. The Kier molecular flexibility index (Phi) is 5.40. The summed E-state index contributed by atoms with van der Waals surface area (Å²) in [4.78, 5) is 42.3. The standard InChI is InChI=1S/C20H24FN3O5/c1-2-28-12-18(25)23-10-16-17(11-23)29-20(27)24(16)15-6-7-22(9-15)19(26)13-4-3-5-14(21)8-13/h3-5,8,15-17H,2,6-7,9-12H2,1H3/t15?,16-,17+/m1/s1. The van der Waals surface area contributed by atoms with Crippen LogP contribution in [0.15, 0.2) is 24.3 Å². The van der Waals surface area contributed by atoms with Gasteiger partial charge in [-0.15, -0.1) is 0 Å². The second kappa shape index (κ2) is 7.98. The van der Waals surface area contributed by atoms with Gasteiger partial charge < -0.3 is 19.3 Å². The molecular formula is C20H24FN3O5.